The Morgan fingerprint density at radius 3 is 2.53 bits per heavy atom. The van der Waals surface area contributed by atoms with E-state index in [-0.39, 0.29) is 5.54 Å². The normalized spacial score (nSPS) is 25.2. The fourth-order valence-electron chi connectivity index (χ4n) is 3.23. The summed E-state index contributed by atoms with van der Waals surface area (Å²) in [6.07, 6.45) is 2.39. The predicted octanol–water partition coefficient (Wildman–Crippen LogP) is 3.60. The highest BCUT2D eigenvalue weighted by atomic mass is 15.3. The molecule has 2 nitrogen and oxygen atoms in total. The van der Waals surface area contributed by atoms with Gasteiger partial charge in [0.25, 0.3) is 0 Å². The molecule has 1 heterocycles. The van der Waals surface area contributed by atoms with Crippen LogP contribution in [-0.4, -0.2) is 29.6 Å². The van der Waals surface area contributed by atoms with Gasteiger partial charge in [0.15, 0.2) is 0 Å². The molecule has 1 saturated heterocycles. The van der Waals surface area contributed by atoms with E-state index in [1.807, 2.05) is 0 Å². The summed E-state index contributed by atoms with van der Waals surface area (Å²) in [5.74, 6) is 0. The number of piperazine rings is 1. The summed E-state index contributed by atoms with van der Waals surface area (Å²) in [5.41, 5.74) is 1.68. The van der Waals surface area contributed by atoms with Crippen LogP contribution in [-0.2, 0) is 0 Å². The van der Waals surface area contributed by atoms with E-state index in [1.165, 1.54) is 18.4 Å². The molecule has 0 saturated carbocycles. The third kappa shape index (κ3) is 3.37. The van der Waals surface area contributed by atoms with Crippen LogP contribution < -0.4 is 5.32 Å². The molecule has 2 rings (SSSR count). The van der Waals surface area contributed by atoms with Crippen molar-refractivity contribution in [3.8, 4) is 0 Å². The fourth-order valence-corrected chi connectivity index (χ4v) is 3.23. The second-order valence-corrected chi connectivity index (χ2v) is 6.33. The van der Waals surface area contributed by atoms with Crippen molar-refractivity contribution in [1.29, 1.82) is 0 Å². The van der Waals surface area contributed by atoms with E-state index >= 15 is 0 Å². The Morgan fingerprint density at radius 1 is 1.26 bits per heavy atom. The highest BCUT2D eigenvalue weighted by Crippen LogP contribution is 2.30. The van der Waals surface area contributed by atoms with Gasteiger partial charge in [0, 0.05) is 30.7 Å². The molecule has 0 amide bonds. The van der Waals surface area contributed by atoms with E-state index in [9.17, 15) is 0 Å². The zero-order chi connectivity index (χ0) is 13.9. The molecule has 2 atom stereocenters. The second-order valence-electron chi connectivity index (χ2n) is 6.33. The molecule has 1 aromatic rings. The molecule has 2 heteroatoms. The van der Waals surface area contributed by atoms with Gasteiger partial charge in [0.1, 0.15) is 0 Å². The van der Waals surface area contributed by atoms with Crippen molar-refractivity contribution in [3.05, 3.63) is 35.9 Å². The summed E-state index contributed by atoms with van der Waals surface area (Å²) in [4.78, 5) is 2.71. The molecule has 1 aliphatic rings. The molecule has 0 aliphatic carbocycles. The van der Waals surface area contributed by atoms with Crippen LogP contribution in [0.5, 0.6) is 0 Å². The Bertz CT molecular complexity index is 386. The van der Waals surface area contributed by atoms with Gasteiger partial charge in [-0.25, -0.2) is 0 Å². The summed E-state index contributed by atoms with van der Waals surface area (Å²) < 4.78 is 0. The summed E-state index contributed by atoms with van der Waals surface area (Å²) >= 11 is 0. The van der Waals surface area contributed by atoms with Gasteiger partial charge < -0.3 is 5.32 Å². The quantitative estimate of drug-likeness (QED) is 0.890. The van der Waals surface area contributed by atoms with E-state index in [2.05, 4.69) is 68.2 Å². The lowest BCUT2D eigenvalue weighted by Gasteiger charge is -2.48. The van der Waals surface area contributed by atoms with Gasteiger partial charge in [-0.2, -0.15) is 0 Å². The Kier molecular flexibility index (Phi) is 4.64. The Labute approximate surface area is 118 Å². The minimum absolute atomic E-state index is 0.216. The summed E-state index contributed by atoms with van der Waals surface area (Å²) in [6, 6.07) is 12.2. The zero-order valence-electron chi connectivity index (χ0n) is 12.8. The van der Waals surface area contributed by atoms with E-state index in [4.69, 9.17) is 0 Å². The van der Waals surface area contributed by atoms with Crippen LogP contribution in [0, 0.1) is 0 Å². The molecule has 2 unspecified atom stereocenters. The highest BCUT2D eigenvalue weighted by Gasteiger charge is 2.35. The summed E-state index contributed by atoms with van der Waals surface area (Å²) in [7, 11) is 0. The van der Waals surface area contributed by atoms with Crippen molar-refractivity contribution < 1.29 is 0 Å². The number of nitrogens with one attached hydrogen (secondary N) is 1. The van der Waals surface area contributed by atoms with Gasteiger partial charge in [0.05, 0.1) is 0 Å². The third-order valence-corrected chi connectivity index (χ3v) is 4.31. The number of rotatable bonds is 4. The SMILES string of the molecule is CCC1CNC(C)(C)CN1C(CC)c1ccccc1. The van der Waals surface area contributed by atoms with Crippen molar-refractivity contribution in [2.75, 3.05) is 13.1 Å². The minimum atomic E-state index is 0.216. The van der Waals surface area contributed by atoms with E-state index in [0.29, 0.717) is 12.1 Å². The maximum atomic E-state index is 3.68. The molecule has 0 bridgehead atoms. The maximum absolute atomic E-state index is 3.68. The molecular formula is C17H28N2. The van der Waals surface area contributed by atoms with Crippen LogP contribution in [0.4, 0.5) is 0 Å². The van der Waals surface area contributed by atoms with Crippen molar-refractivity contribution in [1.82, 2.24) is 10.2 Å². The van der Waals surface area contributed by atoms with Gasteiger partial charge in [-0.05, 0) is 32.3 Å². The van der Waals surface area contributed by atoms with Gasteiger partial charge in [-0.15, -0.1) is 0 Å². The van der Waals surface area contributed by atoms with Crippen molar-refractivity contribution in [3.63, 3.8) is 0 Å². The van der Waals surface area contributed by atoms with E-state index < -0.39 is 0 Å². The number of nitrogens with zero attached hydrogens (tertiary/aromatic N) is 1. The van der Waals surface area contributed by atoms with Crippen LogP contribution >= 0.6 is 0 Å². The van der Waals surface area contributed by atoms with Crippen molar-refractivity contribution in [2.24, 2.45) is 0 Å². The third-order valence-electron chi connectivity index (χ3n) is 4.31. The fraction of sp³-hybridized carbons (Fsp3) is 0.647. The molecule has 0 spiro atoms. The predicted molar refractivity (Wildman–Crippen MR) is 82.3 cm³/mol. The van der Waals surface area contributed by atoms with E-state index in [1.54, 1.807) is 0 Å². The maximum Gasteiger partial charge on any atom is 0.0349 e. The lowest BCUT2D eigenvalue weighted by atomic mass is 9.92. The standard InChI is InChI=1S/C17H28N2/c1-5-15-12-18-17(3,4)13-19(15)16(6-2)14-10-8-7-9-11-14/h7-11,15-16,18H,5-6,12-13H2,1-4H3. The van der Waals surface area contributed by atoms with Crippen molar-refractivity contribution >= 4 is 0 Å². The molecule has 1 aliphatic heterocycles. The summed E-state index contributed by atoms with van der Waals surface area (Å²) in [5, 5.41) is 3.68. The second kappa shape index (κ2) is 6.06. The lowest BCUT2D eigenvalue weighted by molar-refractivity contribution is 0.0493. The number of hydrogen-bond acceptors (Lipinski definition) is 2. The number of benzene rings is 1. The van der Waals surface area contributed by atoms with Gasteiger partial charge in [-0.3, -0.25) is 4.90 Å². The topological polar surface area (TPSA) is 15.3 Å². The first kappa shape index (κ1) is 14.5. The largest absolute Gasteiger partial charge is 0.309 e. The molecule has 0 aromatic heterocycles. The first-order valence-electron chi connectivity index (χ1n) is 7.63. The molecular weight excluding hydrogens is 232 g/mol. The van der Waals surface area contributed by atoms with Gasteiger partial charge in [-0.1, -0.05) is 44.2 Å². The zero-order valence-corrected chi connectivity index (χ0v) is 12.8. The first-order chi connectivity index (χ1) is 9.07. The van der Waals surface area contributed by atoms with Crippen LogP contribution in [0.2, 0.25) is 0 Å². The summed E-state index contributed by atoms with van der Waals surface area (Å²) in [6.45, 7) is 11.5. The molecule has 1 aromatic carbocycles. The average Bonchev–Trinajstić information content (AvgIpc) is 2.40. The van der Waals surface area contributed by atoms with E-state index in [0.717, 1.165) is 13.1 Å². The molecule has 0 radical (unpaired) electrons. The van der Waals surface area contributed by atoms with Crippen molar-refractivity contribution in [2.45, 2.75) is 58.2 Å². The van der Waals surface area contributed by atoms with Crippen LogP contribution in [0.15, 0.2) is 30.3 Å². The Balaban J connectivity index is 2.24. The molecule has 1 N–H and O–H groups in total. The number of hydrogen-bond donors (Lipinski definition) is 1. The first-order valence-corrected chi connectivity index (χ1v) is 7.63. The van der Waals surface area contributed by atoms with Gasteiger partial charge >= 0.3 is 0 Å². The smallest absolute Gasteiger partial charge is 0.0349 e. The average molecular weight is 260 g/mol. The van der Waals surface area contributed by atoms with Crippen LogP contribution in [0.1, 0.15) is 52.1 Å². The molecule has 1 fully saturated rings. The Morgan fingerprint density at radius 2 is 1.95 bits per heavy atom. The monoisotopic (exact) mass is 260 g/mol. The van der Waals surface area contributed by atoms with Crippen LogP contribution in [0.3, 0.4) is 0 Å². The Hall–Kier alpha value is -0.860. The van der Waals surface area contributed by atoms with Gasteiger partial charge in [0.2, 0.25) is 0 Å². The lowest BCUT2D eigenvalue weighted by Crippen LogP contribution is -2.61. The highest BCUT2D eigenvalue weighted by molar-refractivity contribution is 5.19. The molecule has 19 heavy (non-hydrogen) atoms. The minimum Gasteiger partial charge on any atom is -0.309 e. The molecule has 106 valence electrons. The van der Waals surface area contributed by atoms with Crippen LogP contribution in [0.25, 0.3) is 0 Å².